The van der Waals surface area contributed by atoms with Crippen molar-refractivity contribution in [1.82, 2.24) is 0 Å². The summed E-state index contributed by atoms with van der Waals surface area (Å²) in [6.07, 6.45) is -11.0. The first-order chi connectivity index (χ1) is 31.1. The molecular weight excluding hydrogens is 817 g/mol. The normalized spacial score (nSPS) is 26.0. The number of aliphatic hydroxyl groups is 2. The summed E-state index contributed by atoms with van der Waals surface area (Å²) >= 11 is 0. The number of aliphatic hydroxyl groups excluding tert-OH is 2. The van der Waals surface area contributed by atoms with Crippen molar-refractivity contribution in [3.63, 3.8) is 0 Å². The molecule has 2 fully saturated rings. The average Bonchev–Trinajstić information content (AvgIpc) is 3.31. The number of hydrogen-bond acceptors (Lipinski definition) is 12. The molecule has 2 heterocycles. The van der Waals surface area contributed by atoms with Gasteiger partial charge in [0.1, 0.15) is 42.7 Å². The monoisotopic (exact) mass is 876 g/mol. The fraction of sp³-hybridized carbons (Fsp3) is 0.404. The van der Waals surface area contributed by atoms with Gasteiger partial charge in [0.15, 0.2) is 18.7 Å². The van der Waals surface area contributed by atoms with Gasteiger partial charge in [-0.25, -0.2) is 0 Å². The standard InChI is InChI=1S/C52H60O12/c1-52(2,3)51(55)64-48-47(60-33-40-27-17-8-18-28-40)45(58-31-38-23-13-6-14-24-38)41(34-56-29-36-19-9-4-10-20-36)63-50(48)61-35-42-44(57-30-37-21-11-5-12-22-37)46(43(53)49(54)62-42)59-32-39-25-15-7-16-26-39/h4-28,41-50,53-54H,29-35H2,1-3H3. The van der Waals surface area contributed by atoms with Crippen molar-refractivity contribution < 1.29 is 57.6 Å². The Morgan fingerprint density at radius 1 is 0.469 bits per heavy atom. The first-order valence-electron chi connectivity index (χ1n) is 21.9. The lowest BCUT2D eigenvalue weighted by Crippen LogP contribution is -2.64. The van der Waals surface area contributed by atoms with E-state index < -0.39 is 72.8 Å². The minimum Gasteiger partial charge on any atom is -0.454 e. The van der Waals surface area contributed by atoms with Crippen LogP contribution in [0.2, 0.25) is 0 Å². The summed E-state index contributed by atoms with van der Waals surface area (Å²) in [6, 6.07) is 48.4. The predicted octanol–water partition coefficient (Wildman–Crippen LogP) is 7.32. The molecule has 12 nitrogen and oxygen atoms in total. The maximum atomic E-state index is 13.9. The minimum absolute atomic E-state index is 0.0718. The third kappa shape index (κ3) is 13.4. The van der Waals surface area contributed by atoms with E-state index in [-0.39, 0.29) is 39.6 Å². The smallest absolute Gasteiger partial charge is 0.311 e. The van der Waals surface area contributed by atoms with Gasteiger partial charge in [-0.3, -0.25) is 4.79 Å². The summed E-state index contributed by atoms with van der Waals surface area (Å²) in [5.41, 5.74) is 3.65. The van der Waals surface area contributed by atoms with E-state index in [4.69, 9.17) is 42.6 Å². The number of carbonyl (C=O) groups excluding carboxylic acids is 1. The second-order valence-electron chi connectivity index (χ2n) is 17.1. The van der Waals surface area contributed by atoms with E-state index in [0.29, 0.717) is 6.61 Å². The highest BCUT2D eigenvalue weighted by Gasteiger charge is 2.53. The molecule has 340 valence electrons. The third-order valence-corrected chi connectivity index (χ3v) is 11.0. The molecule has 0 bridgehead atoms. The minimum atomic E-state index is -1.63. The highest BCUT2D eigenvalue weighted by molar-refractivity contribution is 5.75. The number of carbonyl (C=O) groups is 1. The lowest BCUT2D eigenvalue weighted by molar-refractivity contribution is -0.342. The Labute approximate surface area is 375 Å². The van der Waals surface area contributed by atoms with Gasteiger partial charge >= 0.3 is 5.97 Å². The van der Waals surface area contributed by atoms with Crippen molar-refractivity contribution >= 4 is 5.97 Å². The summed E-state index contributed by atoms with van der Waals surface area (Å²) in [6.45, 7) is 6.11. The number of hydrogen-bond donors (Lipinski definition) is 2. The van der Waals surface area contributed by atoms with Crippen LogP contribution in [-0.2, 0) is 80.5 Å². The molecule has 2 aliphatic rings. The Kier molecular flexibility index (Phi) is 17.2. The molecule has 0 amide bonds. The maximum Gasteiger partial charge on any atom is 0.311 e. The molecule has 10 unspecified atom stereocenters. The van der Waals surface area contributed by atoms with Crippen LogP contribution in [0.4, 0.5) is 0 Å². The van der Waals surface area contributed by atoms with Gasteiger partial charge in [-0.1, -0.05) is 152 Å². The SMILES string of the molecule is CC(C)(C)C(=O)OC1C(OCC2OC(O)C(O)C(OCc3ccccc3)C2OCc2ccccc2)OC(COCc2ccccc2)C(OCc2ccccc2)C1OCc1ccccc1. The first-order valence-corrected chi connectivity index (χ1v) is 21.9. The quantitative estimate of drug-likeness (QED) is 0.0758. The van der Waals surface area contributed by atoms with Crippen LogP contribution >= 0.6 is 0 Å². The van der Waals surface area contributed by atoms with Crippen molar-refractivity contribution in [2.75, 3.05) is 13.2 Å². The van der Waals surface area contributed by atoms with Gasteiger partial charge in [-0.05, 0) is 48.6 Å². The molecule has 10 atom stereocenters. The van der Waals surface area contributed by atoms with Crippen LogP contribution in [0.15, 0.2) is 152 Å². The molecule has 0 radical (unpaired) electrons. The fourth-order valence-corrected chi connectivity index (χ4v) is 7.52. The van der Waals surface area contributed by atoms with Crippen molar-refractivity contribution in [2.24, 2.45) is 5.41 Å². The van der Waals surface area contributed by atoms with Gasteiger partial charge in [-0.2, -0.15) is 0 Å². The summed E-state index contributed by atoms with van der Waals surface area (Å²) in [4.78, 5) is 13.9. The Morgan fingerprint density at radius 2 is 0.844 bits per heavy atom. The van der Waals surface area contributed by atoms with Crippen molar-refractivity contribution in [3.8, 4) is 0 Å². The summed E-state index contributed by atoms with van der Waals surface area (Å²) in [5, 5.41) is 22.5. The molecule has 0 aliphatic carbocycles. The first kappa shape index (κ1) is 47.1. The molecule has 2 aliphatic heterocycles. The van der Waals surface area contributed by atoms with Crippen LogP contribution in [0.25, 0.3) is 0 Å². The molecule has 7 rings (SSSR count). The van der Waals surface area contributed by atoms with Crippen molar-refractivity contribution in [1.29, 1.82) is 0 Å². The molecule has 0 saturated carbocycles. The van der Waals surface area contributed by atoms with E-state index in [0.717, 1.165) is 27.8 Å². The molecule has 5 aromatic rings. The highest BCUT2D eigenvalue weighted by Crippen LogP contribution is 2.34. The van der Waals surface area contributed by atoms with Gasteiger partial charge in [-0.15, -0.1) is 0 Å². The van der Waals surface area contributed by atoms with E-state index in [2.05, 4.69) is 0 Å². The zero-order valence-electron chi connectivity index (χ0n) is 36.6. The average molecular weight is 877 g/mol. The van der Waals surface area contributed by atoms with Crippen molar-refractivity contribution in [2.45, 2.75) is 115 Å². The number of rotatable bonds is 20. The fourth-order valence-electron chi connectivity index (χ4n) is 7.52. The predicted molar refractivity (Wildman–Crippen MR) is 237 cm³/mol. The van der Waals surface area contributed by atoms with Crippen molar-refractivity contribution in [3.05, 3.63) is 179 Å². The Morgan fingerprint density at radius 3 is 1.28 bits per heavy atom. The van der Waals surface area contributed by atoms with Crippen LogP contribution in [0.1, 0.15) is 48.6 Å². The van der Waals surface area contributed by atoms with Gasteiger partial charge in [0.2, 0.25) is 0 Å². The molecule has 2 saturated heterocycles. The van der Waals surface area contributed by atoms with Gasteiger partial charge in [0, 0.05) is 0 Å². The van der Waals surface area contributed by atoms with Crippen LogP contribution in [0, 0.1) is 5.41 Å². The largest absolute Gasteiger partial charge is 0.454 e. The van der Waals surface area contributed by atoms with E-state index in [1.807, 2.05) is 152 Å². The zero-order chi connectivity index (χ0) is 44.7. The summed E-state index contributed by atoms with van der Waals surface area (Å²) < 4.78 is 58.5. The summed E-state index contributed by atoms with van der Waals surface area (Å²) in [5.74, 6) is -0.505. The Balaban J connectivity index is 1.20. The van der Waals surface area contributed by atoms with Crippen LogP contribution in [0.3, 0.4) is 0 Å². The Bertz CT molecular complexity index is 2090. The zero-order valence-corrected chi connectivity index (χ0v) is 36.6. The van der Waals surface area contributed by atoms with Crippen LogP contribution in [0.5, 0.6) is 0 Å². The molecule has 0 spiro atoms. The van der Waals surface area contributed by atoms with E-state index in [1.54, 1.807) is 20.8 Å². The third-order valence-electron chi connectivity index (χ3n) is 11.0. The lowest BCUT2D eigenvalue weighted by Gasteiger charge is -2.47. The number of ether oxygens (including phenoxy) is 9. The van der Waals surface area contributed by atoms with Gasteiger partial charge < -0.3 is 52.8 Å². The molecule has 5 aromatic carbocycles. The number of benzene rings is 5. The Hall–Kier alpha value is -4.83. The molecule has 12 heteroatoms. The van der Waals surface area contributed by atoms with Crippen LogP contribution < -0.4 is 0 Å². The second kappa shape index (κ2) is 23.4. The topological polar surface area (TPSA) is 141 Å². The van der Waals surface area contributed by atoms with E-state index >= 15 is 0 Å². The van der Waals surface area contributed by atoms with E-state index in [1.165, 1.54) is 0 Å². The maximum absolute atomic E-state index is 13.9. The lowest BCUT2D eigenvalue weighted by atomic mass is 9.95. The molecule has 0 aromatic heterocycles. The molecule has 2 N–H and O–H groups in total. The van der Waals surface area contributed by atoms with Gasteiger partial charge in [0.25, 0.3) is 0 Å². The van der Waals surface area contributed by atoms with Gasteiger partial charge in [0.05, 0.1) is 51.7 Å². The summed E-state index contributed by atoms with van der Waals surface area (Å²) in [7, 11) is 0. The van der Waals surface area contributed by atoms with Crippen LogP contribution in [-0.4, -0.2) is 90.8 Å². The highest BCUT2D eigenvalue weighted by atomic mass is 16.7. The number of esters is 1. The second-order valence-corrected chi connectivity index (χ2v) is 17.1. The molecular formula is C52H60O12. The van der Waals surface area contributed by atoms with E-state index in [9.17, 15) is 15.0 Å². The molecule has 64 heavy (non-hydrogen) atoms.